The Bertz CT molecular complexity index is 689. The first-order valence-electron chi connectivity index (χ1n) is 5.32. The molecule has 0 atom stereocenters. The van der Waals surface area contributed by atoms with Crippen molar-refractivity contribution in [2.24, 2.45) is 0 Å². The van der Waals surface area contributed by atoms with Crippen molar-refractivity contribution in [3.63, 3.8) is 0 Å². The van der Waals surface area contributed by atoms with Crippen LogP contribution >= 0.6 is 11.6 Å². The van der Waals surface area contributed by atoms with Gasteiger partial charge in [0.25, 0.3) is 0 Å². The zero-order valence-corrected chi connectivity index (χ0v) is 10.5. The molecule has 0 N–H and O–H groups in total. The average molecular weight is 286 g/mol. The summed E-state index contributed by atoms with van der Waals surface area (Å²) in [6, 6.07) is 2.89. The molecule has 0 aliphatic rings. The van der Waals surface area contributed by atoms with Crippen molar-refractivity contribution in [3.8, 4) is 11.8 Å². The summed E-state index contributed by atoms with van der Waals surface area (Å²) < 4.78 is 40.5. The van der Waals surface area contributed by atoms with E-state index in [1.807, 2.05) is 6.07 Å². The first kappa shape index (κ1) is 13.4. The van der Waals surface area contributed by atoms with E-state index in [2.05, 4.69) is 5.10 Å². The molecule has 3 nitrogen and oxygen atoms in total. The standard InChI is InChI=1S/C12H7ClF3N3/c1-2-10-6(5-17)12(13)19(18-10)11-4-8(15)7(14)3-9(11)16/h3-4H,2H2,1H3. The summed E-state index contributed by atoms with van der Waals surface area (Å²) in [6.45, 7) is 1.74. The number of benzene rings is 1. The third kappa shape index (κ3) is 2.17. The Hall–Kier alpha value is -2.00. The van der Waals surface area contributed by atoms with Crippen molar-refractivity contribution in [1.29, 1.82) is 5.26 Å². The van der Waals surface area contributed by atoms with Crippen LogP contribution in [0.1, 0.15) is 18.2 Å². The summed E-state index contributed by atoms with van der Waals surface area (Å²) in [5, 5.41) is 12.7. The lowest BCUT2D eigenvalue weighted by Gasteiger charge is -2.05. The maximum Gasteiger partial charge on any atom is 0.161 e. The first-order chi connectivity index (χ1) is 8.99. The number of nitrogens with zero attached hydrogens (tertiary/aromatic N) is 3. The topological polar surface area (TPSA) is 41.6 Å². The van der Waals surface area contributed by atoms with Gasteiger partial charge in [-0.2, -0.15) is 10.4 Å². The highest BCUT2D eigenvalue weighted by atomic mass is 35.5. The van der Waals surface area contributed by atoms with Gasteiger partial charge in [-0.15, -0.1) is 0 Å². The van der Waals surface area contributed by atoms with E-state index in [9.17, 15) is 13.2 Å². The second-order valence-corrected chi connectivity index (χ2v) is 4.07. The molecule has 0 amide bonds. The lowest BCUT2D eigenvalue weighted by atomic mass is 10.2. The van der Waals surface area contributed by atoms with Gasteiger partial charge in [-0.05, 0) is 6.42 Å². The van der Waals surface area contributed by atoms with Crippen LogP contribution in [0.4, 0.5) is 13.2 Å². The van der Waals surface area contributed by atoms with E-state index in [-0.39, 0.29) is 16.4 Å². The second kappa shape index (κ2) is 4.94. The van der Waals surface area contributed by atoms with Gasteiger partial charge in [0.1, 0.15) is 17.3 Å². The highest BCUT2D eigenvalue weighted by Crippen LogP contribution is 2.26. The lowest BCUT2D eigenvalue weighted by molar-refractivity contribution is 0.491. The van der Waals surface area contributed by atoms with Gasteiger partial charge in [-0.25, -0.2) is 17.9 Å². The van der Waals surface area contributed by atoms with Crippen molar-refractivity contribution >= 4 is 11.6 Å². The zero-order chi connectivity index (χ0) is 14.2. The van der Waals surface area contributed by atoms with Crippen LogP contribution < -0.4 is 0 Å². The van der Waals surface area contributed by atoms with Crippen LogP contribution in [-0.2, 0) is 6.42 Å². The number of aromatic nitrogens is 2. The van der Waals surface area contributed by atoms with E-state index in [1.165, 1.54) is 0 Å². The van der Waals surface area contributed by atoms with Crippen LogP contribution in [0.15, 0.2) is 12.1 Å². The number of halogens is 4. The van der Waals surface area contributed by atoms with Crippen molar-refractivity contribution in [2.45, 2.75) is 13.3 Å². The maximum absolute atomic E-state index is 13.6. The molecule has 0 fully saturated rings. The number of hydrogen-bond donors (Lipinski definition) is 0. The van der Waals surface area contributed by atoms with Crippen molar-refractivity contribution < 1.29 is 13.2 Å². The summed E-state index contributed by atoms with van der Waals surface area (Å²) in [5.41, 5.74) is 0.102. The molecule has 0 aliphatic heterocycles. The molecule has 0 radical (unpaired) electrons. The molecule has 0 saturated carbocycles. The zero-order valence-electron chi connectivity index (χ0n) is 9.72. The minimum atomic E-state index is -1.30. The summed E-state index contributed by atoms with van der Waals surface area (Å²) in [5.74, 6) is -3.55. The summed E-state index contributed by atoms with van der Waals surface area (Å²) in [6.07, 6.45) is 0.404. The fourth-order valence-corrected chi connectivity index (χ4v) is 1.91. The fourth-order valence-electron chi connectivity index (χ4n) is 1.63. The van der Waals surface area contributed by atoms with Crippen LogP contribution in [0.2, 0.25) is 5.15 Å². The van der Waals surface area contributed by atoms with Crippen molar-refractivity contribution in [1.82, 2.24) is 9.78 Å². The quantitative estimate of drug-likeness (QED) is 0.794. The van der Waals surface area contributed by atoms with E-state index in [0.717, 1.165) is 4.68 Å². The Morgan fingerprint density at radius 3 is 2.42 bits per heavy atom. The van der Waals surface area contributed by atoms with Gasteiger partial charge >= 0.3 is 0 Å². The number of rotatable bonds is 2. The van der Waals surface area contributed by atoms with Crippen molar-refractivity contribution in [3.05, 3.63) is 46.0 Å². The van der Waals surface area contributed by atoms with E-state index in [1.54, 1.807) is 6.92 Å². The second-order valence-electron chi connectivity index (χ2n) is 3.71. The Balaban J connectivity index is 2.70. The highest BCUT2D eigenvalue weighted by molar-refractivity contribution is 6.31. The number of nitriles is 1. The van der Waals surface area contributed by atoms with Gasteiger partial charge in [0, 0.05) is 12.1 Å². The maximum atomic E-state index is 13.6. The SMILES string of the molecule is CCc1nn(-c2cc(F)c(F)cc2F)c(Cl)c1C#N. The smallest absolute Gasteiger partial charge is 0.161 e. The monoisotopic (exact) mass is 285 g/mol. The van der Waals surface area contributed by atoms with Crippen LogP contribution in [0, 0.1) is 28.8 Å². The molecule has 0 saturated heterocycles. The first-order valence-corrected chi connectivity index (χ1v) is 5.69. The molecule has 0 bridgehead atoms. The molecule has 2 rings (SSSR count). The number of hydrogen-bond acceptors (Lipinski definition) is 2. The molecule has 7 heteroatoms. The van der Waals surface area contributed by atoms with Crippen molar-refractivity contribution in [2.75, 3.05) is 0 Å². The molecule has 98 valence electrons. The van der Waals surface area contributed by atoms with Gasteiger partial charge in [0.2, 0.25) is 0 Å². The molecular formula is C12H7ClF3N3. The molecule has 19 heavy (non-hydrogen) atoms. The highest BCUT2D eigenvalue weighted by Gasteiger charge is 2.20. The van der Waals surface area contributed by atoms with Gasteiger partial charge in [0.05, 0.1) is 5.69 Å². The Morgan fingerprint density at radius 2 is 1.89 bits per heavy atom. The Kier molecular flexibility index (Phi) is 3.49. The third-order valence-electron chi connectivity index (χ3n) is 2.57. The third-order valence-corrected chi connectivity index (χ3v) is 2.92. The summed E-state index contributed by atoms with van der Waals surface area (Å²) in [4.78, 5) is 0. The molecule has 0 unspecified atom stereocenters. The molecule has 1 aromatic carbocycles. The van der Waals surface area contributed by atoms with Gasteiger partial charge in [-0.1, -0.05) is 18.5 Å². The van der Waals surface area contributed by atoms with Crippen LogP contribution in [-0.4, -0.2) is 9.78 Å². The molecular weight excluding hydrogens is 279 g/mol. The fraction of sp³-hybridized carbons (Fsp3) is 0.167. The largest absolute Gasteiger partial charge is 0.217 e. The summed E-state index contributed by atoms with van der Waals surface area (Å²) >= 11 is 5.90. The Morgan fingerprint density at radius 1 is 1.26 bits per heavy atom. The van der Waals surface area contributed by atoms with E-state index < -0.39 is 17.5 Å². The average Bonchev–Trinajstić information content (AvgIpc) is 2.70. The minimum Gasteiger partial charge on any atom is -0.217 e. The molecule has 0 aliphatic carbocycles. The molecule has 0 spiro atoms. The predicted molar refractivity (Wildman–Crippen MR) is 62.5 cm³/mol. The molecule has 1 aromatic heterocycles. The molecule has 1 heterocycles. The molecule has 2 aromatic rings. The van der Waals surface area contributed by atoms with Gasteiger partial charge in [-0.3, -0.25) is 0 Å². The van der Waals surface area contributed by atoms with Crippen LogP contribution in [0.5, 0.6) is 0 Å². The summed E-state index contributed by atoms with van der Waals surface area (Å²) in [7, 11) is 0. The van der Waals surface area contributed by atoms with Crippen LogP contribution in [0.25, 0.3) is 5.69 Å². The van der Waals surface area contributed by atoms with E-state index in [4.69, 9.17) is 16.9 Å². The van der Waals surface area contributed by atoms with E-state index >= 15 is 0 Å². The van der Waals surface area contributed by atoms with E-state index in [0.29, 0.717) is 24.2 Å². The van der Waals surface area contributed by atoms with Crippen LogP contribution in [0.3, 0.4) is 0 Å². The van der Waals surface area contributed by atoms with Gasteiger partial charge in [0.15, 0.2) is 22.6 Å². The number of aryl methyl sites for hydroxylation is 1. The Labute approximate surface area is 111 Å². The lowest BCUT2D eigenvalue weighted by Crippen LogP contribution is -2.03. The normalized spacial score (nSPS) is 10.5. The predicted octanol–water partition coefficient (Wildman–Crippen LogP) is 3.38. The van der Waals surface area contributed by atoms with Gasteiger partial charge < -0.3 is 0 Å². The minimum absolute atomic E-state index is 0.0910.